The van der Waals surface area contributed by atoms with Crippen LogP contribution >= 0.6 is 0 Å². The first-order valence-electron chi connectivity index (χ1n) is 6.56. The van der Waals surface area contributed by atoms with Crippen molar-refractivity contribution in [3.63, 3.8) is 0 Å². The summed E-state index contributed by atoms with van der Waals surface area (Å²) in [6, 6.07) is 9.96. The summed E-state index contributed by atoms with van der Waals surface area (Å²) in [5, 5.41) is 8.85. The van der Waals surface area contributed by atoms with Gasteiger partial charge in [0.25, 0.3) is 0 Å². The summed E-state index contributed by atoms with van der Waals surface area (Å²) in [6.45, 7) is 2.92. The van der Waals surface area contributed by atoms with Crippen LogP contribution in [-0.4, -0.2) is 12.5 Å². The zero-order valence-corrected chi connectivity index (χ0v) is 10.7. The topological polar surface area (TPSA) is 44.1 Å². The van der Waals surface area contributed by atoms with E-state index in [2.05, 4.69) is 13.0 Å². The standard InChI is InChI=1S/C15H18N2O/c1-2-3-6-11-17-14-8-5-4-7-12(14)13(9-10-16)15(17)18/h4-5,7-8,13H,2-3,6,9,11H2,1H3/t13-/m1/s1. The lowest BCUT2D eigenvalue weighted by molar-refractivity contribution is -0.119. The number of fused-ring (bicyclic) bond motifs is 1. The van der Waals surface area contributed by atoms with Gasteiger partial charge in [0.2, 0.25) is 5.91 Å². The van der Waals surface area contributed by atoms with E-state index in [0.717, 1.165) is 37.1 Å². The van der Waals surface area contributed by atoms with E-state index in [9.17, 15) is 4.79 Å². The Morgan fingerprint density at radius 2 is 2.11 bits per heavy atom. The summed E-state index contributed by atoms with van der Waals surface area (Å²) >= 11 is 0. The Labute approximate surface area is 108 Å². The highest BCUT2D eigenvalue weighted by molar-refractivity contribution is 6.05. The minimum Gasteiger partial charge on any atom is -0.312 e. The molecule has 3 nitrogen and oxygen atoms in total. The first-order chi connectivity index (χ1) is 8.79. The average Bonchev–Trinajstić information content (AvgIpc) is 2.65. The monoisotopic (exact) mass is 242 g/mol. The van der Waals surface area contributed by atoms with Crippen LogP contribution in [0.5, 0.6) is 0 Å². The average molecular weight is 242 g/mol. The molecule has 94 valence electrons. The van der Waals surface area contributed by atoms with E-state index in [1.807, 2.05) is 29.2 Å². The largest absolute Gasteiger partial charge is 0.312 e. The molecule has 0 bridgehead atoms. The van der Waals surface area contributed by atoms with Crippen molar-refractivity contribution < 1.29 is 4.79 Å². The van der Waals surface area contributed by atoms with Crippen LogP contribution in [0.15, 0.2) is 24.3 Å². The number of benzene rings is 1. The van der Waals surface area contributed by atoms with Gasteiger partial charge in [-0.2, -0.15) is 5.26 Å². The number of rotatable bonds is 5. The SMILES string of the molecule is CCCCCN1C(=O)[C@H](CC#N)c2ccccc21. The van der Waals surface area contributed by atoms with Gasteiger partial charge in [0.05, 0.1) is 18.4 Å². The molecule has 0 unspecified atom stereocenters. The van der Waals surface area contributed by atoms with Crippen molar-refractivity contribution in [2.75, 3.05) is 11.4 Å². The van der Waals surface area contributed by atoms with Gasteiger partial charge in [-0.05, 0) is 18.1 Å². The van der Waals surface area contributed by atoms with Crippen LogP contribution in [0.1, 0.15) is 44.1 Å². The van der Waals surface area contributed by atoms with Crippen molar-refractivity contribution in [1.82, 2.24) is 0 Å². The Morgan fingerprint density at radius 3 is 2.83 bits per heavy atom. The lowest BCUT2D eigenvalue weighted by Crippen LogP contribution is -2.29. The van der Waals surface area contributed by atoms with Crippen molar-refractivity contribution in [2.45, 2.75) is 38.5 Å². The zero-order valence-electron chi connectivity index (χ0n) is 10.7. The molecule has 0 radical (unpaired) electrons. The highest BCUT2D eigenvalue weighted by Gasteiger charge is 2.36. The normalized spacial score (nSPS) is 17.7. The number of carbonyl (C=O) groups excluding carboxylic acids is 1. The number of carbonyl (C=O) groups is 1. The number of para-hydroxylation sites is 1. The highest BCUT2D eigenvalue weighted by Crippen LogP contribution is 2.38. The van der Waals surface area contributed by atoms with Crippen LogP contribution in [0, 0.1) is 11.3 Å². The van der Waals surface area contributed by atoms with Gasteiger partial charge in [-0.25, -0.2) is 0 Å². The van der Waals surface area contributed by atoms with Crippen LogP contribution < -0.4 is 4.90 Å². The molecule has 1 atom stereocenters. The number of hydrogen-bond donors (Lipinski definition) is 0. The maximum Gasteiger partial charge on any atom is 0.235 e. The number of nitrogens with zero attached hydrogens (tertiary/aromatic N) is 2. The third-order valence-corrected chi connectivity index (χ3v) is 3.45. The smallest absolute Gasteiger partial charge is 0.235 e. The number of nitriles is 1. The Kier molecular flexibility index (Phi) is 3.99. The fourth-order valence-corrected chi connectivity index (χ4v) is 2.51. The summed E-state index contributed by atoms with van der Waals surface area (Å²) in [7, 11) is 0. The van der Waals surface area contributed by atoms with Gasteiger partial charge in [0, 0.05) is 12.2 Å². The van der Waals surface area contributed by atoms with Crippen molar-refractivity contribution in [3.8, 4) is 6.07 Å². The molecule has 0 aromatic heterocycles. The molecule has 3 heteroatoms. The molecule has 1 aromatic rings. The van der Waals surface area contributed by atoms with Crippen LogP contribution in [0.2, 0.25) is 0 Å². The number of amides is 1. The predicted octanol–water partition coefficient (Wildman–Crippen LogP) is 3.22. The van der Waals surface area contributed by atoms with Gasteiger partial charge in [0.15, 0.2) is 0 Å². The number of unbranched alkanes of at least 4 members (excludes halogenated alkanes) is 2. The predicted molar refractivity (Wildman–Crippen MR) is 71.3 cm³/mol. The van der Waals surface area contributed by atoms with Crippen LogP contribution in [0.4, 0.5) is 5.69 Å². The van der Waals surface area contributed by atoms with E-state index >= 15 is 0 Å². The zero-order chi connectivity index (χ0) is 13.0. The lowest BCUT2D eigenvalue weighted by Gasteiger charge is -2.17. The van der Waals surface area contributed by atoms with Crippen molar-refractivity contribution >= 4 is 11.6 Å². The Morgan fingerprint density at radius 1 is 1.33 bits per heavy atom. The molecule has 1 aliphatic heterocycles. The van der Waals surface area contributed by atoms with E-state index in [1.165, 1.54) is 0 Å². The van der Waals surface area contributed by atoms with Gasteiger partial charge in [0.1, 0.15) is 0 Å². The number of hydrogen-bond acceptors (Lipinski definition) is 2. The molecule has 1 aliphatic rings. The first kappa shape index (κ1) is 12.6. The summed E-state index contributed by atoms with van der Waals surface area (Å²) in [5.74, 6) is -0.165. The van der Waals surface area contributed by atoms with Crippen molar-refractivity contribution in [3.05, 3.63) is 29.8 Å². The van der Waals surface area contributed by atoms with Gasteiger partial charge >= 0.3 is 0 Å². The molecule has 0 fully saturated rings. The van der Waals surface area contributed by atoms with E-state index in [0.29, 0.717) is 0 Å². The van der Waals surface area contributed by atoms with Crippen molar-refractivity contribution in [2.24, 2.45) is 0 Å². The second-order valence-corrected chi connectivity index (χ2v) is 4.67. The summed E-state index contributed by atoms with van der Waals surface area (Å²) in [4.78, 5) is 14.2. The fourth-order valence-electron chi connectivity index (χ4n) is 2.51. The second-order valence-electron chi connectivity index (χ2n) is 4.67. The Hall–Kier alpha value is -1.82. The maximum atomic E-state index is 12.3. The molecule has 18 heavy (non-hydrogen) atoms. The minimum absolute atomic E-state index is 0.0915. The molecule has 1 aromatic carbocycles. The summed E-state index contributed by atoms with van der Waals surface area (Å²) in [6.07, 6.45) is 3.58. The molecule has 0 N–H and O–H groups in total. The van der Waals surface area contributed by atoms with E-state index in [4.69, 9.17) is 5.26 Å². The summed E-state index contributed by atoms with van der Waals surface area (Å²) in [5.41, 5.74) is 2.01. The molecule has 0 spiro atoms. The van der Waals surface area contributed by atoms with Gasteiger partial charge < -0.3 is 4.90 Å². The molecule has 0 saturated heterocycles. The first-order valence-corrected chi connectivity index (χ1v) is 6.56. The van der Waals surface area contributed by atoms with E-state index in [-0.39, 0.29) is 18.2 Å². The minimum atomic E-state index is -0.257. The van der Waals surface area contributed by atoms with Crippen molar-refractivity contribution in [1.29, 1.82) is 5.26 Å². The Bertz CT molecular complexity index is 476. The van der Waals surface area contributed by atoms with Gasteiger partial charge in [-0.3, -0.25) is 4.79 Å². The van der Waals surface area contributed by atoms with Crippen LogP contribution in [0.25, 0.3) is 0 Å². The summed E-state index contributed by atoms with van der Waals surface area (Å²) < 4.78 is 0. The lowest BCUT2D eigenvalue weighted by atomic mass is 9.98. The molecular formula is C15H18N2O. The molecule has 2 rings (SSSR count). The molecule has 1 amide bonds. The van der Waals surface area contributed by atoms with Gasteiger partial charge in [-0.1, -0.05) is 38.0 Å². The third kappa shape index (κ3) is 2.24. The molecule has 1 heterocycles. The van der Waals surface area contributed by atoms with Crippen LogP contribution in [0.3, 0.4) is 0 Å². The quantitative estimate of drug-likeness (QED) is 0.744. The van der Waals surface area contributed by atoms with Gasteiger partial charge in [-0.15, -0.1) is 0 Å². The second kappa shape index (κ2) is 5.68. The third-order valence-electron chi connectivity index (χ3n) is 3.45. The molecular weight excluding hydrogens is 224 g/mol. The van der Waals surface area contributed by atoms with E-state index < -0.39 is 0 Å². The maximum absolute atomic E-state index is 12.3. The fraction of sp³-hybridized carbons (Fsp3) is 0.467. The van der Waals surface area contributed by atoms with Crippen LogP contribution in [-0.2, 0) is 4.79 Å². The number of anilines is 1. The molecule has 0 aliphatic carbocycles. The van der Waals surface area contributed by atoms with E-state index in [1.54, 1.807) is 0 Å². The molecule has 0 saturated carbocycles. The Balaban J connectivity index is 2.22. The highest BCUT2D eigenvalue weighted by atomic mass is 16.2.